The van der Waals surface area contributed by atoms with E-state index in [1.165, 1.54) is 4.68 Å². The predicted octanol–water partition coefficient (Wildman–Crippen LogP) is -0.620. The average molecular weight is 257 g/mol. The molecule has 0 radical (unpaired) electrons. The molecule has 1 fully saturated rings. The highest BCUT2D eigenvalue weighted by molar-refractivity contribution is 7.91. The summed E-state index contributed by atoms with van der Waals surface area (Å²) < 4.78 is 24.4. The fourth-order valence-electron chi connectivity index (χ4n) is 1.97. The number of sulfone groups is 1. The number of nitrogens with zero attached hydrogens (tertiary/aromatic N) is 2. The second-order valence-corrected chi connectivity index (χ2v) is 6.46. The molecule has 2 rings (SSSR count). The van der Waals surface area contributed by atoms with Crippen molar-refractivity contribution in [2.75, 3.05) is 18.1 Å². The van der Waals surface area contributed by atoms with E-state index < -0.39 is 9.84 Å². The molecule has 1 aromatic heterocycles. The van der Waals surface area contributed by atoms with Crippen molar-refractivity contribution in [2.24, 2.45) is 7.05 Å². The number of nitrogens with one attached hydrogen (secondary N) is 1. The van der Waals surface area contributed by atoms with Crippen molar-refractivity contribution in [2.45, 2.75) is 12.5 Å². The molecule has 17 heavy (non-hydrogen) atoms. The van der Waals surface area contributed by atoms with Crippen molar-refractivity contribution in [3.63, 3.8) is 0 Å². The molecule has 94 valence electrons. The number of carbonyl (C=O) groups excluding carboxylic acids is 1. The Morgan fingerprint density at radius 1 is 1.65 bits per heavy atom. The minimum Gasteiger partial charge on any atom is -0.312 e. The number of aryl methyl sites for hydroxylation is 1. The van der Waals surface area contributed by atoms with Crippen LogP contribution >= 0.6 is 0 Å². The van der Waals surface area contributed by atoms with Crippen LogP contribution in [-0.2, 0) is 16.9 Å². The first kappa shape index (κ1) is 12.3. The first-order valence-corrected chi connectivity index (χ1v) is 7.25. The molecule has 1 N–H and O–H groups in total. The Bertz CT molecular complexity index is 521. The van der Waals surface area contributed by atoms with E-state index in [1.54, 1.807) is 19.3 Å². The van der Waals surface area contributed by atoms with E-state index in [2.05, 4.69) is 10.4 Å². The zero-order valence-corrected chi connectivity index (χ0v) is 10.4. The Morgan fingerprint density at radius 2 is 2.41 bits per heavy atom. The van der Waals surface area contributed by atoms with Gasteiger partial charge >= 0.3 is 0 Å². The van der Waals surface area contributed by atoms with Crippen LogP contribution in [0.25, 0.3) is 0 Å². The van der Waals surface area contributed by atoms with Gasteiger partial charge in [0.1, 0.15) is 5.69 Å². The number of hydrogen-bond acceptors (Lipinski definition) is 5. The first-order chi connectivity index (χ1) is 7.98. The van der Waals surface area contributed by atoms with E-state index in [0.29, 0.717) is 12.2 Å². The van der Waals surface area contributed by atoms with Gasteiger partial charge in [0.2, 0.25) is 0 Å². The molecule has 1 aliphatic rings. The van der Waals surface area contributed by atoms with E-state index >= 15 is 0 Å². The quantitative estimate of drug-likeness (QED) is 0.730. The average Bonchev–Trinajstić information content (AvgIpc) is 2.62. The zero-order chi connectivity index (χ0) is 12.5. The number of carbonyl (C=O) groups is 1. The number of aromatic nitrogens is 2. The van der Waals surface area contributed by atoms with Gasteiger partial charge in [-0.3, -0.25) is 9.48 Å². The summed E-state index contributed by atoms with van der Waals surface area (Å²) in [6.07, 6.45) is 1.75. The van der Waals surface area contributed by atoms with E-state index in [9.17, 15) is 13.2 Å². The Labute approximate surface area is 99.9 Å². The molecule has 1 aromatic rings. The smallest absolute Gasteiger partial charge is 0.182 e. The minimum absolute atomic E-state index is 0.0383. The summed E-state index contributed by atoms with van der Waals surface area (Å²) in [6.45, 7) is 0.422. The maximum Gasteiger partial charge on any atom is 0.182 e. The van der Waals surface area contributed by atoms with Gasteiger partial charge < -0.3 is 5.32 Å². The lowest BCUT2D eigenvalue weighted by atomic mass is 10.1. The molecule has 1 saturated heterocycles. The molecule has 6 nitrogen and oxygen atoms in total. The van der Waals surface area contributed by atoms with Crippen LogP contribution in [0.5, 0.6) is 0 Å². The summed E-state index contributed by atoms with van der Waals surface area (Å²) in [6, 6.07) is 1.36. The normalized spacial score (nSPS) is 23.5. The molecule has 1 atom stereocenters. The largest absolute Gasteiger partial charge is 0.312 e. The fraction of sp³-hybridized carbons (Fsp3) is 0.600. The van der Waals surface area contributed by atoms with Gasteiger partial charge in [-0.05, 0) is 6.07 Å². The highest BCUT2D eigenvalue weighted by Crippen LogP contribution is 2.09. The third-order valence-electron chi connectivity index (χ3n) is 2.84. The summed E-state index contributed by atoms with van der Waals surface area (Å²) in [7, 11) is -1.30. The predicted molar refractivity (Wildman–Crippen MR) is 62.6 cm³/mol. The van der Waals surface area contributed by atoms with Crippen LogP contribution in [0.3, 0.4) is 0 Å². The van der Waals surface area contributed by atoms with Crippen molar-refractivity contribution in [1.82, 2.24) is 15.1 Å². The number of hydrogen-bond donors (Lipinski definition) is 1. The van der Waals surface area contributed by atoms with Crippen LogP contribution in [0.1, 0.15) is 16.9 Å². The van der Waals surface area contributed by atoms with Crippen molar-refractivity contribution in [3.8, 4) is 0 Å². The van der Waals surface area contributed by atoms with Crippen molar-refractivity contribution in [3.05, 3.63) is 18.0 Å². The maximum atomic E-state index is 11.9. The van der Waals surface area contributed by atoms with Gasteiger partial charge in [-0.25, -0.2) is 8.42 Å². The van der Waals surface area contributed by atoms with E-state index in [-0.39, 0.29) is 29.8 Å². The van der Waals surface area contributed by atoms with Gasteiger partial charge in [-0.2, -0.15) is 5.10 Å². The number of ketones is 1. The summed E-state index contributed by atoms with van der Waals surface area (Å²) in [5.41, 5.74) is 0.509. The van der Waals surface area contributed by atoms with Gasteiger partial charge in [0, 0.05) is 32.3 Å². The minimum atomic E-state index is -2.99. The van der Waals surface area contributed by atoms with Crippen LogP contribution in [0.2, 0.25) is 0 Å². The van der Waals surface area contributed by atoms with E-state index in [0.717, 1.165) is 0 Å². The second-order valence-electron chi connectivity index (χ2n) is 4.23. The van der Waals surface area contributed by atoms with Crippen LogP contribution in [0.4, 0.5) is 0 Å². The van der Waals surface area contributed by atoms with Gasteiger partial charge in [0.05, 0.1) is 11.5 Å². The highest BCUT2D eigenvalue weighted by atomic mass is 32.2. The topological polar surface area (TPSA) is 81.1 Å². The summed E-state index contributed by atoms with van der Waals surface area (Å²) >= 11 is 0. The summed E-state index contributed by atoms with van der Waals surface area (Å²) in [5.74, 6) is 0.111. The first-order valence-electron chi connectivity index (χ1n) is 5.43. The number of rotatable bonds is 3. The van der Waals surface area contributed by atoms with Crippen LogP contribution in [-0.4, -0.2) is 48.1 Å². The number of Topliss-reactive ketones (excluding diaryl/α,β-unsaturated/α-hetero) is 1. The second kappa shape index (κ2) is 4.58. The highest BCUT2D eigenvalue weighted by Gasteiger charge is 2.26. The van der Waals surface area contributed by atoms with Gasteiger partial charge in [-0.1, -0.05) is 0 Å². The van der Waals surface area contributed by atoms with Crippen molar-refractivity contribution in [1.29, 1.82) is 0 Å². The molecule has 0 saturated carbocycles. The monoisotopic (exact) mass is 257 g/mol. The Morgan fingerprint density at radius 3 is 3.00 bits per heavy atom. The Balaban J connectivity index is 2.02. The maximum absolute atomic E-state index is 11.9. The van der Waals surface area contributed by atoms with Crippen LogP contribution in [0.15, 0.2) is 12.3 Å². The molecule has 2 heterocycles. The molecule has 0 bridgehead atoms. The van der Waals surface area contributed by atoms with E-state index in [1.807, 2.05) is 0 Å². The summed E-state index contributed by atoms with van der Waals surface area (Å²) in [5, 5.41) is 6.97. The molecule has 1 unspecified atom stereocenters. The molecule has 1 aliphatic heterocycles. The Kier molecular flexibility index (Phi) is 3.30. The zero-order valence-electron chi connectivity index (χ0n) is 9.59. The fourth-order valence-corrected chi connectivity index (χ4v) is 3.42. The van der Waals surface area contributed by atoms with Gasteiger partial charge in [0.15, 0.2) is 15.6 Å². The lowest BCUT2D eigenvalue weighted by Gasteiger charge is -2.22. The molecule has 7 heteroatoms. The molecule has 0 aromatic carbocycles. The molecule has 0 aliphatic carbocycles. The van der Waals surface area contributed by atoms with Crippen molar-refractivity contribution >= 4 is 15.6 Å². The molecule has 0 spiro atoms. The van der Waals surface area contributed by atoms with Gasteiger partial charge in [-0.15, -0.1) is 0 Å². The molecule has 0 amide bonds. The standard InChI is InChI=1S/C10H15N3O3S/c1-13-9(2-3-12-13)10(14)6-8-7-17(15,16)5-4-11-8/h2-3,8,11H,4-7H2,1H3. The molecular weight excluding hydrogens is 242 g/mol. The summed E-state index contributed by atoms with van der Waals surface area (Å²) in [4.78, 5) is 11.9. The third kappa shape index (κ3) is 2.92. The lowest BCUT2D eigenvalue weighted by Crippen LogP contribution is -2.46. The third-order valence-corrected chi connectivity index (χ3v) is 4.58. The Hall–Kier alpha value is -1.21. The van der Waals surface area contributed by atoms with Crippen LogP contribution in [0, 0.1) is 0 Å². The van der Waals surface area contributed by atoms with E-state index in [4.69, 9.17) is 0 Å². The molecular formula is C10H15N3O3S. The SMILES string of the molecule is Cn1nccc1C(=O)CC1CS(=O)(=O)CCN1. The van der Waals surface area contributed by atoms with Crippen LogP contribution < -0.4 is 5.32 Å². The lowest BCUT2D eigenvalue weighted by molar-refractivity contribution is 0.0962. The van der Waals surface area contributed by atoms with Gasteiger partial charge in [0.25, 0.3) is 0 Å². The van der Waals surface area contributed by atoms with Crippen molar-refractivity contribution < 1.29 is 13.2 Å².